The van der Waals surface area contributed by atoms with Gasteiger partial charge < -0.3 is 15.1 Å². The lowest BCUT2D eigenvalue weighted by Gasteiger charge is -2.22. The zero-order valence-corrected chi connectivity index (χ0v) is 16.6. The predicted molar refractivity (Wildman–Crippen MR) is 110 cm³/mol. The van der Waals surface area contributed by atoms with E-state index in [2.05, 4.69) is 10.6 Å². The Kier molecular flexibility index (Phi) is 6.69. The molecule has 1 aliphatic rings. The van der Waals surface area contributed by atoms with E-state index >= 15 is 0 Å². The predicted octanol–water partition coefficient (Wildman–Crippen LogP) is 4.36. The van der Waals surface area contributed by atoms with Crippen LogP contribution in [0.5, 0.6) is 0 Å². The maximum absolute atomic E-state index is 12.8. The number of furan rings is 1. The molecule has 148 valence electrons. The summed E-state index contributed by atoms with van der Waals surface area (Å²) >= 11 is 0. The lowest BCUT2D eigenvalue weighted by Crippen LogP contribution is -2.37. The molecule has 0 aliphatic heterocycles. The average molecular weight is 380 g/mol. The molecule has 2 amide bonds. The molecule has 0 atom stereocenters. The van der Waals surface area contributed by atoms with Crippen LogP contribution in [-0.4, -0.2) is 18.4 Å². The molecule has 0 unspecified atom stereocenters. The van der Waals surface area contributed by atoms with Gasteiger partial charge in [-0.2, -0.15) is 0 Å². The molecule has 5 nitrogen and oxygen atoms in total. The first-order valence-electron chi connectivity index (χ1n) is 9.95. The third kappa shape index (κ3) is 5.35. The number of rotatable bonds is 6. The van der Waals surface area contributed by atoms with Crippen LogP contribution in [-0.2, 0) is 4.79 Å². The second-order valence-electron chi connectivity index (χ2n) is 7.54. The Balaban J connectivity index is 1.72. The summed E-state index contributed by atoms with van der Waals surface area (Å²) in [6.07, 6.45) is 9.11. The highest BCUT2D eigenvalue weighted by molar-refractivity contribution is 6.05. The van der Waals surface area contributed by atoms with Gasteiger partial charge in [0.1, 0.15) is 11.5 Å². The Morgan fingerprint density at radius 1 is 1.11 bits per heavy atom. The van der Waals surface area contributed by atoms with E-state index in [0.29, 0.717) is 23.8 Å². The summed E-state index contributed by atoms with van der Waals surface area (Å²) in [6, 6.07) is 8.99. The van der Waals surface area contributed by atoms with Crippen molar-refractivity contribution in [1.82, 2.24) is 10.6 Å². The molecule has 1 aromatic carbocycles. The van der Waals surface area contributed by atoms with Gasteiger partial charge in [-0.05, 0) is 68.0 Å². The van der Waals surface area contributed by atoms with Gasteiger partial charge in [0.15, 0.2) is 0 Å². The number of carbonyl (C=O) groups excluding carboxylic acids is 2. The van der Waals surface area contributed by atoms with Gasteiger partial charge in [0, 0.05) is 18.2 Å². The molecule has 1 heterocycles. The van der Waals surface area contributed by atoms with Gasteiger partial charge in [-0.15, -0.1) is 0 Å². The van der Waals surface area contributed by atoms with E-state index in [1.165, 1.54) is 25.5 Å². The normalized spacial score (nSPS) is 15.3. The number of benzene rings is 1. The van der Waals surface area contributed by atoms with Crippen molar-refractivity contribution in [2.24, 2.45) is 5.92 Å². The Bertz CT molecular complexity index is 847. The van der Waals surface area contributed by atoms with Crippen LogP contribution >= 0.6 is 0 Å². The first kappa shape index (κ1) is 19.9. The lowest BCUT2D eigenvalue weighted by atomic mass is 9.89. The van der Waals surface area contributed by atoms with Crippen molar-refractivity contribution in [1.29, 1.82) is 0 Å². The number of aryl methyl sites for hydroxylation is 2. The van der Waals surface area contributed by atoms with E-state index in [1.54, 1.807) is 24.3 Å². The third-order valence-electron chi connectivity index (χ3n) is 5.37. The van der Waals surface area contributed by atoms with Gasteiger partial charge in [0.2, 0.25) is 0 Å². The Hall–Kier alpha value is -2.82. The molecule has 0 saturated heterocycles. The molecule has 5 heteroatoms. The first-order chi connectivity index (χ1) is 13.5. The van der Waals surface area contributed by atoms with Gasteiger partial charge in [-0.1, -0.05) is 25.3 Å². The van der Waals surface area contributed by atoms with E-state index < -0.39 is 0 Å². The quantitative estimate of drug-likeness (QED) is 0.731. The van der Waals surface area contributed by atoms with Crippen molar-refractivity contribution < 1.29 is 14.0 Å². The number of hydrogen-bond acceptors (Lipinski definition) is 3. The van der Waals surface area contributed by atoms with Crippen LogP contribution in [0.15, 0.2) is 46.7 Å². The molecule has 1 aromatic heterocycles. The minimum absolute atomic E-state index is 0.189. The monoisotopic (exact) mass is 380 g/mol. The van der Waals surface area contributed by atoms with E-state index in [1.807, 2.05) is 26.0 Å². The highest BCUT2D eigenvalue weighted by Crippen LogP contribution is 2.22. The van der Waals surface area contributed by atoms with Crippen molar-refractivity contribution in [3.63, 3.8) is 0 Å². The fourth-order valence-electron chi connectivity index (χ4n) is 3.47. The topological polar surface area (TPSA) is 71.3 Å². The van der Waals surface area contributed by atoms with Gasteiger partial charge >= 0.3 is 0 Å². The van der Waals surface area contributed by atoms with Crippen LogP contribution in [0.1, 0.15) is 59.3 Å². The van der Waals surface area contributed by atoms with E-state index in [0.717, 1.165) is 24.0 Å². The zero-order chi connectivity index (χ0) is 19.9. The molecule has 2 N–H and O–H groups in total. The minimum atomic E-state index is -0.311. The van der Waals surface area contributed by atoms with Crippen LogP contribution in [0.2, 0.25) is 0 Å². The summed E-state index contributed by atoms with van der Waals surface area (Å²) in [5, 5.41) is 5.73. The second-order valence-corrected chi connectivity index (χ2v) is 7.54. The maximum atomic E-state index is 12.8. The average Bonchev–Trinajstić information content (AvgIpc) is 3.21. The Morgan fingerprint density at radius 3 is 2.57 bits per heavy atom. The van der Waals surface area contributed by atoms with E-state index in [4.69, 9.17) is 4.42 Å². The molecule has 0 bridgehead atoms. The first-order valence-corrected chi connectivity index (χ1v) is 9.95. The summed E-state index contributed by atoms with van der Waals surface area (Å²) in [5.74, 6) is 0.425. The molecular formula is C23H28N2O3. The number of amides is 2. The largest absolute Gasteiger partial charge is 0.465 e. The number of hydrogen-bond donors (Lipinski definition) is 2. The van der Waals surface area contributed by atoms with Crippen LogP contribution in [0.3, 0.4) is 0 Å². The summed E-state index contributed by atoms with van der Waals surface area (Å²) in [5.41, 5.74) is 2.86. The second kappa shape index (κ2) is 9.40. The van der Waals surface area contributed by atoms with Gasteiger partial charge in [-0.3, -0.25) is 9.59 Å². The Labute approximate surface area is 166 Å². The van der Waals surface area contributed by atoms with E-state index in [9.17, 15) is 9.59 Å². The molecule has 3 rings (SSSR count). The summed E-state index contributed by atoms with van der Waals surface area (Å²) in [6.45, 7) is 4.59. The highest BCUT2D eigenvalue weighted by atomic mass is 16.3. The molecular weight excluding hydrogens is 352 g/mol. The molecule has 1 fully saturated rings. The van der Waals surface area contributed by atoms with Crippen LogP contribution in [0.4, 0.5) is 0 Å². The van der Waals surface area contributed by atoms with Crippen LogP contribution in [0, 0.1) is 19.8 Å². The molecule has 0 spiro atoms. The van der Waals surface area contributed by atoms with Crippen molar-refractivity contribution in [2.75, 3.05) is 6.54 Å². The van der Waals surface area contributed by atoms with E-state index in [-0.39, 0.29) is 17.5 Å². The van der Waals surface area contributed by atoms with Crippen molar-refractivity contribution in [3.8, 4) is 0 Å². The summed E-state index contributed by atoms with van der Waals surface area (Å²) in [7, 11) is 0. The minimum Gasteiger partial charge on any atom is -0.465 e. The van der Waals surface area contributed by atoms with Crippen LogP contribution in [0.25, 0.3) is 6.08 Å². The van der Waals surface area contributed by atoms with Crippen molar-refractivity contribution >= 4 is 17.9 Å². The standard InChI is InChI=1S/C23H28N2O3/c1-16-10-11-19(13-17(16)2)22(26)25-21(14-20-9-6-12-28-20)23(27)24-15-18-7-4-3-5-8-18/h6,9-14,18H,3-5,7-8,15H2,1-2H3,(H,24,27)(H,25,26)/b21-14+. The van der Waals surface area contributed by atoms with Gasteiger partial charge in [0.25, 0.3) is 11.8 Å². The Morgan fingerprint density at radius 2 is 1.89 bits per heavy atom. The number of nitrogens with one attached hydrogen (secondary N) is 2. The SMILES string of the molecule is Cc1ccc(C(=O)N/C(=C/c2ccco2)C(=O)NCC2CCCCC2)cc1C. The zero-order valence-electron chi connectivity index (χ0n) is 16.6. The fraction of sp³-hybridized carbons (Fsp3) is 0.391. The molecule has 1 saturated carbocycles. The molecule has 2 aromatic rings. The third-order valence-corrected chi connectivity index (χ3v) is 5.37. The maximum Gasteiger partial charge on any atom is 0.267 e. The van der Waals surface area contributed by atoms with Crippen LogP contribution < -0.4 is 10.6 Å². The molecule has 28 heavy (non-hydrogen) atoms. The fourth-order valence-corrected chi connectivity index (χ4v) is 3.47. The smallest absolute Gasteiger partial charge is 0.267 e. The van der Waals surface area contributed by atoms with Crippen molar-refractivity contribution in [2.45, 2.75) is 46.0 Å². The number of carbonyl (C=O) groups is 2. The molecule has 1 aliphatic carbocycles. The molecule has 0 radical (unpaired) electrons. The highest BCUT2D eigenvalue weighted by Gasteiger charge is 2.18. The van der Waals surface area contributed by atoms with Gasteiger partial charge in [0.05, 0.1) is 6.26 Å². The summed E-state index contributed by atoms with van der Waals surface area (Å²) in [4.78, 5) is 25.5. The summed E-state index contributed by atoms with van der Waals surface area (Å²) < 4.78 is 5.32. The van der Waals surface area contributed by atoms with Crippen molar-refractivity contribution in [3.05, 3.63) is 64.7 Å². The lowest BCUT2D eigenvalue weighted by molar-refractivity contribution is -0.118. The van der Waals surface area contributed by atoms with Gasteiger partial charge in [-0.25, -0.2) is 0 Å².